The lowest BCUT2D eigenvalue weighted by molar-refractivity contribution is 0.304. The van der Waals surface area contributed by atoms with Crippen molar-refractivity contribution < 1.29 is 14.2 Å². The predicted molar refractivity (Wildman–Crippen MR) is 96.2 cm³/mol. The van der Waals surface area contributed by atoms with Crippen molar-refractivity contribution in [1.82, 2.24) is 4.98 Å². The number of nitrogens with zero attached hydrogens (tertiary/aromatic N) is 1. The molecule has 24 heavy (non-hydrogen) atoms. The highest BCUT2D eigenvalue weighted by atomic mass is 32.1. The van der Waals surface area contributed by atoms with E-state index in [0.29, 0.717) is 6.61 Å². The van der Waals surface area contributed by atoms with Gasteiger partial charge in [-0.05, 0) is 42.8 Å². The molecule has 0 atom stereocenters. The van der Waals surface area contributed by atoms with Crippen molar-refractivity contribution in [1.29, 1.82) is 0 Å². The summed E-state index contributed by atoms with van der Waals surface area (Å²) in [5.74, 6) is 2.50. The molecule has 0 amide bonds. The third-order valence-corrected chi connectivity index (χ3v) is 4.47. The highest BCUT2D eigenvalue weighted by Gasteiger charge is 2.07. The number of benzene rings is 2. The lowest BCUT2D eigenvalue weighted by Gasteiger charge is -2.08. The Hall–Kier alpha value is -2.53. The molecule has 0 saturated carbocycles. The fourth-order valence-corrected chi connectivity index (χ4v) is 3.09. The van der Waals surface area contributed by atoms with E-state index in [1.54, 1.807) is 25.6 Å². The molecule has 0 radical (unpaired) electrons. The maximum atomic E-state index is 5.83. The van der Waals surface area contributed by atoms with Crippen LogP contribution in [0, 0.1) is 6.92 Å². The molecule has 0 aliphatic carbocycles. The SMILES string of the molecule is COc1cccc(-c2csc(COc3ccc(OC)c(C)c3)n2)c1. The Morgan fingerprint density at radius 1 is 1.00 bits per heavy atom. The minimum absolute atomic E-state index is 0.445. The van der Waals surface area contributed by atoms with Crippen molar-refractivity contribution in [2.45, 2.75) is 13.5 Å². The minimum atomic E-state index is 0.445. The molecule has 5 heteroatoms. The lowest BCUT2D eigenvalue weighted by atomic mass is 10.2. The van der Waals surface area contributed by atoms with Gasteiger partial charge in [0.1, 0.15) is 28.9 Å². The molecule has 0 fully saturated rings. The Morgan fingerprint density at radius 3 is 2.62 bits per heavy atom. The van der Waals surface area contributed by atoms with E-state index >= 15 is 0 Å². The first-order chi connectivity index (χ1) is 11.7. The summed E-state index contributed by atoms with van der Waals surface area (Å²) in [5, 5.41) is 2.97. The van der Waals surface area contributed by atoms with Gasteiger partial charge in [0, 0.05) is 10.9 Å². The van der Waals surface area contributed by atoms with Gasteiger partial charge in [0.15, 0.2) is 0 Å². The highest BCUT2D eigenvalue weighted by molar-refractivity contribution is 7.09. The lowest BCUT2D eigenvalue weighted by Crippen LogP contribution is -1.96. The number of methoxy groups -OCH3 is 2. The second kappa shape index (κ2) is 7.36. The maximum Gasteiger partial charge on any atom is 0.140 e. The number of hydrogen-bond acceptors (Lipinski definition) is 5. The third kappa shape index (κ3) is 3.68. The molecule has 1 heterocycles. The first-order valence-corrected chi connectivity index (χ1v) is 8.44. The fraction of sp³-hybridized carbons (Fsp3) is 0.211. The van der Waals surface area contributed by atoms with Crippen molar-refractivity contribution in [3.63, 3.8) is 0 Å². The summed E-state index contributed by atoms with van der Waals surface area (Å²) in [7, 11) is 3.33. The van der Waals surface area contributed by atoms with Crippen molar-refractivity contribution in [2.24, 2.45) is 0 Å². The summed E-state index contributed by atoms with van der Waals surface area (Å²) >= 11 is 1.59. The van der Waals surface area contributed by atoms with E-state index < -0.39 is 0 Å². The first-order valence-electron chi connectivity index (χ1n) is 7.56. The summed E-state index contributed by atoms with van der Waals surface area (Å²) in [4.78, 5) is 4.64. The van der Waals surface area contributed by atoms with Crippen molar-refractivity contribution in [3.8, 4) is 28.5 Å². The van der Waals surface area contributed by atoms with Gasteiger partial charge in [-0.1, -0.05) is 12.1 Å². The Balaban J connectivity index is 1.69. The second-order valence-electron chi connectivity index (χ2n) is 5.28. The topological polar surface area (TPSA) is 40.6 Å². The molecule has 0 aliphatic heterocycles. The van der Waals surface area contributed by atoms with E-state index in [-0.39, 0.29) is 0 Å². The molecule has 4 nitrogen and oxygen atoms in total. The normalized spacial score (nSPS) is 10.5. The van der Waals surface area contributed by atoms with Crippen LogP contribution < -0.4 is 14.2 Å². The minimum Gasteiger partial charge on any atom is -0.497 e. The fourth-order valence-electron chi connectivity index (χ4n) is 2.38. The number of thiazole rings is 1. The van der Waals surface area contributed by atoms with Crippen LogP contribution in [0.25, 0.3) is 11.3 Å². The van der Waals surface area contributed by atoms with Gasteiger partial charge in [0.2, 0.25) is 0 Å². The van der Waals surface area contributed by atoms with Crippen molar-refractivity contribution in [3.05, 3.63) is 58.4 Å². The van der Waals surface area contributed by atoms with Crippen LogP contribution in [0.2, 0.25) is 0 Å². The Bertz CT molecular complexity index is 829. The van der Waals surface area contributed by atoms with Gasteiger partial charge < -0.3 is 14.2 Å². The van der Waals surface area contributed by atoms with E-state index in [2.05, 4.69) is 4.98 Å². The second-order valence-corrected chi connectivity index (χ2v) is 6.22. The predicted octanol–water partition coefficient (Wildman–Crippen LogP) is 4.71. The molecule has 124 valence electrons. The number of ether oxygens (including phenoxy) is 3. The van der Waals surface area contributed by atoms with Gasteiger partial charge in [-0.15, -0.1) is 11.3 Å². The van der Waals surface area contributed by atoms with Gasteiger partial charge >= 0.3 is 0 Å². The number of aromatic nitrogens is 1. The van der Waals surface area contributed by atoms with Gasteiger partial charge in [-0.3, -0.25) is 0 Å². The van der Waals surface area contributed by atoms with Gasteiger partial charge in [0.25, 0.3) is 0 Å². The molecule has 3 rings (SSSR count). The van der Waals surface area contributed by atoms with E-state index in [4.69, 9.17) is 14.2 Å². The van der Waals surface area contributed by atoms with E-state index in [1.165, 1.54) is 0 Å². The van der Waals surface area contributed by atoms with E-state index in [9.17, 15) is 0 Å². The molecule has 0 bridgehead atoms. The van der Waals surface area contributed by atoms with Crippen molar-refractivity contribution in [2.75, 3.05) is 14.2 Å². The molecule has 0 unspecified atom stereocenters. The highest BCUT2D eigenvalue weighted by Crippen LogP contribution is 2.27. The molecule has 0 aliphatic rings. The zero-order valence-corrected chi connectivity index (χ0v) is 14.7. The Morgan fingerprint density at radius 2 is 1.88 bits per heavy atom. The average molecular weight is 341 g/mol. The molecule has 2 aromatic carbocycles. The maximum absolute atomic E-state index is 5.83. The summed E-state index contributed by atoms with van der Waals surface area (Å²) in [5.41, 5.74) is 3.02. The quantitative estimate of drug-likeness (QED) is 0.651. The summed E-state index contributed by atoms with van der Waals surface area (Å²) in [6.45, 7) is 2.44. The molecule has 3 aromatic rings. The summed E-state index contributed by atoms with van der Waals surface area (Å²) in [6, 6.07) is 13.7. The largest absolute Gasteiger partial charge is 0.497 e. The van der Waals surface area contributed by atoms with Crippen LogP contribution in [0.1, 0.15) is 10.6 Å². The molecule has 0 spiro atoms. The first kappa shape index (κ1) is 16.3. The van der Waals surface area contributed by atoms with Crippen LogP contribution in [0.15, 0.2) is 47.8 Å². The van der Waals surface area contributed by atoms with E-state index in [1.807, 2.05) is 54.8 Å². The zero-order valence-electron chi connectivity index (χ0n) is 13.9. The average Bonchev–Trinajstić information content (AvgIpc) is 3.09. The van der Waals surface area contributed by atoms with Crippen LogP contribution in [-0.2, 0) is 6.61 Å². The number of aryl methyl sites for hydroxylation is 1. The number of rotatable bonds is 6. The van der Waals surface area contributed by atoms with E-state index in [0.717, 1.165) is 39.1 Å². The smallest absolute Gasteiger partial charge is 0.140 e. The molecular weight excluding hydrogens is 322 g/mol. The Kier molecular flexibility index (Phi) is 5.01. The summed E-state index contributed by atoms with van der Waals surface area (Å²) in [6.07, 6.45) is 0. The van der Waals surface area contributed by atoms with Crippen LogP contribution in [-0.4, -0.2) is 19.2 Å². The van der Waals surface area contributed by atoms with Gasteiger partial charge in [-0.2, -0.15) is 0 Å². The van der Waals surface area contributed by atoms with Gasteiger partial charge in [-0.25, -0.2) is 4.98 Å². The molecular formula is C19H19NO3S. The standard InChI is InChI=1S/C19H19NO3S/c1-13-9-16(7-8-18(13)22-3)23-11-19-20-17(12-24-19)14-5-4-6-15(10-14)21-2/h4-10,12H,11H2,1-3H3. The molecule has 0 saturated heterocycles. The molecule has 0 N–H and O–H groups in total. The van der Waals surface area contributed by atoms with Crippen LogP contribution in [0.3, 0.4) is 0 Å². The Labute approximate surface area is 145 Å². The monoisotopic (exact) mass is 341 g/mol. The van der Waals surface area contributed by atoms with Crippen LogP contribution >= 0.6 is 11.3 Å². The zero-order chi connectivity index (χ0) is 16.9. The number of hydrogen-bond donors (Lipinski definition) is 0. The molecule has 1 aromatic heterocycles. The van der Waals surface area contributed by atoms with Crippen molar-refractivity contribution >= 4 is 11.3 Å². The van der Waals surface area contributed by atoms with Crippen LogP contribution in [0.4, 0.5) is 0 Å². The van der Waals surface area contributed by atoms with Crippen LogP contribution in [0.5, 0.6) is 17.2 Å². The van der Waals surface area contributed by atoms with Gasteiger partial charge in [0.05, 0.1) is 19.9 Å². The summed E-state index contributed by atoms with van der Waals surface area (Å²) < 4.78 is 16.4. The third-order valence-electron chi connectivity index (χ3n) is 3.65.